The summed E-state index contributed by atoms with van der Waals surface area (Å²) in [6, 6.07) is 12.0. The lowest BCUT2D eigenvalue weighted by molar-refractivity contribution is -0.113. The Morgan fingerprint density at radius 3 is 2.62 bits per heavy atom. The highest BCUT2D eigenvalue weighted by Crippen LogP contribution is 2.20. The zero-order chi connectivity index (χ0) is 15.2. The van der Waals surface area contributed by atoms with Crippen LogP contribution in [0.3, 0.4) is 0 Å². The number of hydrogen-bond acceptors (Lipinski definition) is 2. The Hall–Kier alpha value is -1.33. The number of nitrogens with one attached hydrogen (secondary N) is 1. The zero-order valence-corrected chi connectivity index (χ0v) is 13.9. The molecule has 1 amide bonds. The van der Waals surface area contributed by atoms with E-state index in [4.69, 9.17) is 0 Å². The number of benzene rings is 2. The van der Waals surface area contributed by atoms with E-state index in [1.165, 1.54) is 23.9 Å². The van der Waals surface area contributed by atoms with Gasteiger partial charge < -0.3 is 5.32 Å². The minimum absolute atomic E-state index is 0.0381. The van der Waals surface area contributed by atoms with E-state index in [9.17, 15) is 9.18 Å². The predicted molar refractivity (Wildman–Crippen MR) is 90.1 cm³/mol. The number of carbonyl (C=O) groups excluding carboxylic acids is 1. The Morgan fingerprint density at radius 1 is 1.24 bits per heavy atom. The van der Waals surface area contributed by atoms with Crippen molar-refractivity contribution in [1.82, 2.24) is 0 Å². The number of carbonyl (C=O) groups is 1. The van der Waals surface area contributed by atoms with Crippen molar-refractivity contribution in [2.24, 2.45) is 0 Å². The molecule has 2 aromatic rings. The van der Waals surface area contributed by atoms with Crippen LogP contribution in [0.25, 0.3) is 0 Å². The van der Waals surface area contributed by atoms with Gasteiger partial charge in [0.2, 0.25) is 5.91 Å². The first-order chi connectivity index (χ1) is 10.0. The van der Waals surface area contributed by atoms with Gasteiger partial charge in [-0.15, -0.1) is 11.8 Å². The molecule has 2 aromatic carbocycles. The quantitative estimate of drug-likeness (QED) is 0.824. The number of aryl methyl sites for hydroxylation is 1. The molecule has 0 spiro atoms. The Kier molecular flexibility index (Phi) is 5.82. The summed E-state index contributed by atoms with van der Waals surface area (Å²) in [7, 11) is 0. The molecule has 21 heavy (non-hydrogen) atoms. The van der Waals surface area contributed by atoms with Gasteiger partial charge in [0.1, 0.15) is 5.82 Å². The van der Waals surface area contributed by atoms with Crippen LogP contribution in [0.1, 0.15) is 11.1 Å². The fourth-order valence-electron chi connectivity index (χ4n) is 1.76. The molecule has 0 saturated heterocycles. The van der Waals surface area contributed by atoms with Crippen molar-refractivity contribution in [2.45, 2.75) is 12.7 Å². The van der Waals surface area contributed by atoms with Crippen LogP contribution in [0.2, 0.25) is 0 Å². The fourth-order valence-corrected chi connectivity index (χ4v) is 2.80. The van der Waals surface area contributed by atoms with Gasteiger partial charge in [-0.05, 0) is 48.4 Å². The van der Waals surface area contributed by atoms with Crippen molar-refractivity contribution in [2.75, 3.05) is 11.1 Å². The number of halogens is 2. The molecule has 2 rings (SSSR count). The minimum atomic E-state index is -0.243. The molecular weight excluding hydrogens is 353 g/mol. The maximum absolute atomic E-state index is 12.8. The average Bonchev–Trinajstić information content (AvgIpc) is 2.45. The predicted octanol–water partition coefficient (Wildman–Crippen LogP) is 4.77. The molecule has 0 unspecified atom stereocenters. The van der Waals surface area contributed by atoms with Crippen molar-refractivity contribution in [3.63, 3.8) is 0 Å². The van der Waals surface area contributed by atoms with Crippen molar-refractivity contribution in [1.29, 1.82) is 0 Å². The van der Waals surface area contributed by atoms with Gasteiger partial charge in [-0.25, -0.2) is 4.39 Å². The fraction of sp³-hybridized carbons (Fsp3) is 0.188. The summed E-state index contributed by atoms with van der Waals surface area (Å²) in [4.78, 5) is 11.8. The van der Waals surface area contributed by atoms with Crippen LogP contribution in [0.4, 0.5) is 10.1 Å². The van der Waals surface area contributed by atoms with E-state index in [2.05, 4.69) is 21.2 Å². The molecule has 110 valence electrons. The number of rotatable bonds is 5. The largest absolute Gasteiger partial charge is 0.325 e. The molecule has 0 aliphatic rings. The Balaban J connectivity index is 1.79. The van der Waals surface area contributed by atoms with Gasteiger partial charge >= 0.3 is 0 Å². The van der Waals surface area contributed by atoms with E-state index < -0.39 is 0 Å². The van der Waals surface area contributed by atoms with Gasteiger partial charge in [0.25, 0.3) is 0 Å². The second-order valence-corrected chi connectivity index (χ2v) is 6.47. The highest BCUT2D eigenvalue weighted by molar-refractivity contribution is 9.10. The maximum Gasteiger partial charge on any atom is 0.234 e. The van der Waals surface area contributed by atoms with E-state index in [1.807, 2.05) is 25.1 Å². The molecule has 0 aliphatic heterocycles. The molecular formula is C16H15BrFNOS. The second-order valence-electron chi connectivity index (χ2n) is 4.63. The summed E-state index contributed by atoms with van der Waals surface area (Å²) < 4.78 is 13.8. The van der Waals surface area contributed by atoms with Crippen molar-refractivity contribution in [3.05, 3.63) is 63.9 Å². The molecule has 0 heterocycles. The lowest BCUT2D eigenvalue weighted by Crippen LogP contribution is -2.14. The van der Waals surface area contributed by atoms with Gasteiger partial charge in [-0.2, -0.15) is 0 Å². The molecule has 0 saturated carbocycles. The van der Waals surface area contributed by atoms with E-state index in [0.29, 0.717) is 11.5 Å². The molecule has 5 heteroatoms. The molecule has 0 atom stereocenters. The molecule has 0 radical (unpaired) electrons. The number of anilines is 1. The summed E-state index contributed by atoms with van der Waals surface area (Å²) in [5.41, 5.74) is 2.88. The summed E-state index contributed by atoms with van der Waals surface area (Å²) in [5, 5.41) is 2.86. The average molecular weight is 368 g/mol. The Morgan fingerprint density at radius 2 is 1.95 bits per heavy atom. The summed E-state index contributed by atoms with van der Waals surface area (Å²) in [6.45, 7) is 1.98. The van der Waals surface area contributed by atoms with E-state index in [0.717, 1.165) is 21.3 Å². The van der Waals surface area contributed by atoms with Crippen LogP contribution in [-0.2, 0) is 10.5 Å². The molecule has 2 nitrogen and oxygen atoms in total. The van der Waals surface area contributed by atoms with Gasteiger partial charge in [0.05, 0.1) is 5.75 Å². The normalized spacial score (nSPS) is 10.4. The zero-order valence-electron chi connectivity index (χ0n) is 11.5. The highest BCUT2D eigenvalue weighted by Gasteiger charge is 2.04. The van der Waals surface area contributed by atoms with Crippen molar-refractivity contribution < 1.29 is 9.18 Å². The first kappa shape index (κ1) is 16.0. The molecule has 0 aliphatic carbocycles. The second kappa shape index (κ2) is 7.61. The van der Waals surface area contributed by atoms with Gasteiger partial charge in [-0.3, -0.25) is 4.79 Å². The monoisotopic (exact) mass is 367 g/mol. The van der Waals surface area contributed by atoms with Crippen LogP contribution in [0, 0.1) is 12.7 Å². The number of hydrogen-bond donors (Lipinski definition) is 1. The molecule has 0 fully saturated rings. The Bertz CT molecular complexity index is 631. The maximum atomic E-state index is 12.8. The summed E-state index contributed by atoms with van der Waals surface area (Å²) >= 11 is 4.93. The molecule has 0 aromatic heterocycles. The lowest BCUT2D eigenvalue weighted by atomic mass is 10.2. The van der Waals surface area contributed by atoms with Gasteiger partial charge in [0.15, 0.2) is 0 Å². The third kappa shape index (κ3) is 5.17. The molecule has 1 N–H and O–H groups in total. The minimum Gasteiger partial charge on any atom is -0.325 e. The first-order valence-corrected chi connectivity index (χ1v) is 8.37. The number of amides is 1. The standard InChI is InChI=1S/C16H15BrFNOS/c1-11-8-14(6-7-15(11)17)19-16(20)10-21-9-12-2-4-13(18)5-3-12/h2-8H,9-10H2,1H3,(H,19,20). The molecule has 0 bridgehead atoms. The van der Waals surface area contributed by atoms with Gasteiger partial charge in [0, 0.05) is 15.9 Å². The van der Waals surface area contributed by atoms with Crippen LogP contribution in [-0.4, -0.2) is 11.7 Å². The smallest absolute Gasteiger partial charge is 0.234 e. The Labute approximate surface area is 136 Å². The third-order valence-electron chi connectivity index (χ3n) is 2.86. The van der Waals surface area contributed by atoms with Crippen LogP contribution in [0.5, 0.6) is 0 Å². The third-order valence-corrected chi connectivity index (χ3v) is 4.75. The van der Waals surface area contributed by atoms with Crippen molar-refractivity contribution >= 4 is 39.3 Å². The van der Waals surface area contributed by atoms with Crippen LogP contribution >= 0.6 is 27.7 Å². The number of thioether (sulfide) groups is 1. The SMILES string of the molecule is Cc1cc(NC(=O)CSCc2ccc(F)cc2)ccc1Br. The summed E-state index contributed by atoms with van der Waals surface area (Å²) in [6.07, 6.45) is 0. The van der Waals surface area contributed by atoms with E-state index in [1.54, 1.807) is 12.1 Å². The van der Waals surface area contributed by atoms with Gasteiger partial charge in [-0.1, -0.05) is 28.1 Å². The van der Waals surface area contributed by atoms with E-state index in [-0.39, 0.29) is 11.7 Å². The van der Waals surface area contributed by atoms with Crippen LogP contribution in [0.15, 0.2) is 46.9 Å². The van der Waals surface area contributed by atoms with Crippen LogP contribution < -0.4 is 5.32 Å². The lowest BCUT2D eigenvalue weighted by Gasteiger charge is -2.07. The van der Waals surface area contributed by atoms with Crippen molar-refractivity contribution in [3.8, 4) is 0 Å². The first-order valence-electron chi connectivity index (χ1n) is 6.43. The summed E-state index contributed by atoms with van der Waals surface area (Å²) in [5.74, 6) is 0.774. The van der Waals surface area contributed by atoms with E-state index >= 15 is 0 Å². The topological polar surface area (TPSA) is 29.1 Å². The highest BCUT2D eigenvalue weighted by atomic mass is 79.9.